The van der Waals surface area contributed by atoms with E-state index < -0.39 is 0 Å². The van der Waals surface area contributed by atoms with Gasteiger partial charge >= 0.3 is 0 Å². The van der Waals surface area contributed by atoms with Crippen LogP contribution in [0.1, 0.15) is 5.69 Å². The molecule has 0 radical (unpaired) electrons. The van der Waals surface area contributed by atoms with E-state index in [0.29, 0.717) is 0 Å². The average molecular weight is 186 g/mol. The second-order valence-corrected chi connectivity index (χ2v) is 3.54. The van der Waals surface area contributed by atoms with Crippen molar-refractivity contribution in [3.63, 3.8) is 0 Å². The summed E-state index contributed by atoms with van der Waals surface area (Å²) >= 11 is 5.86. The third kappa shape index (κ3) is 1.09. The number of rotatable bonds is 0. The first-order chi connectivity index (χ1) is 5.68. The first kappa shape index (κ1) is 7.95. The van der Waals surface area contributed by atoms with Crippen LogP contribution < -0.4 is 5.01 Å². The molecule has 0 atom stereocenters. The minimum absolute atomic E-state index is 0.724. The molecule has 1 N–H and O–H groups in total. The molecule has 0 aromatic carbocycles. The van der Waals surface area contributed by atoms with Crippen molar-refractivity contribution in [2.75, 3.05) is 25.6 Å². The highest BCUT2D eigenvalue weighted by atomic mass is 35.5. The third-order valence-corrected chi connectivity index (χ3v) is 2.59. The molecule has 3 nitrogen and oxygen atoms in total. The number of hydrogen-bond donors (Lipinski definition) is 1. The summed E-state index contributed by atoms with van der Waals surface area (Å²) in [5.41, 5.74) is 2.43. The van der Waals surface area contributed by atoms with Gasteiger partial charge < -0.3 is 9.99 Å². The van der Waals surface area contributed by atoms with Crippen LogP contribution in [-0.4, -0.2) is 30.6 Å². The Bertz CT molecular complexity index is 294. The Morgan fingerprint density at radius 2 is 2.25 bits per heavy atom. The van der Waals surface area contributed by atoms with Crippen molar-refractivity contribution >= 4 is 17.3 Å². The number of halogens is 1. The highest BCUT2D eigenvalue weighted by molar-refractivity contribution is 6.29. The van der Waals surface area contributed by atoms with Gasteiger partial charge in [-0.2, -0.15) is 0 Å². The van der Waals surface area contributed by atoms with Crippen LogP contribution in [0.5, 0.6) is 0 Å². The fourth-order valence-electron chi connectivity index (χ4n) is 1.54. The summed E-state index contributed by atoms with van der Waals surface area (Å²) in [7, 11) is 4.12. The Balaban J connectivity index is 2.41. The van der Waals surface area contributed by atoms with Gasteiger partial charge in [-0.3, -0.25) is 0 Å². The van der Waals surface area contributed by atoms with E-state index in [1.807, 2.05) is 13.1 Å². The minimum Gasteiger partial charge on any atom is -0.348 e. The highest BCUT2D eigenvalue weighted by Crippen LogP contribution is 2.28. The number of fused-ring (bicyclic) bond motifs is 1. The maximum Gasteiger partial charge on any atom is 0.108 e. The van der Waals surface area contributed by atoms with Crippen LogP contribution in [0, 0.1) is 0 Å². The van der Waals surface area contributed by atoms with Crippen LogP contribution in [0.2, 0.25) is 5.15 Å². The lowest BCUT2D eigenvalue weighted by molar-refractivity contribution is 0.312. The van der Waals surface area contributed by atoms with E-state index in [1.54, 1.807) is 0 Å². The summed E-state index contributed by atoms with van der Waals surface area (Å²) in [6.45, 7) is 1.04. The molecule has 1 aliphatic rings. The molecule has 0 unspecified atom stereocenters. The van der Waals surface area contributed by atoms with Crippen LogP contribution in [0.4, 0.5) is 5.69 Å². The zero-order valence-corrected chi connectivity index (χ0v) is 8.02. The molecule has 2 rings (SSSR count). The van der Waals surface area contributed by atoms with Gasteiger partial charge in [-0.25, -0.2) is 5.01 Å². The van der Waals surface area contributed by atoms with E-state index in [-0.39, 0.29) is 0 Å². The molecule has 1 aromatic rings. The number of hydrogen-bond acceptors (Lipinski definition) is 2. The van der Waals surface area contributed by atoms with Gasteiger partial charge in [0.15, 0.2) is 0 Å². The van der Waals surface area contributed by atoms with Gasteiger partial charge in [-0.1, -0.05) is 11.6 Å². The van der Waals surface area contributed by atoms with Gasteiger partial charge in [0.25, 0.3) is 0 Å². The van der Waals surface area contributed by atoms with Crippen molar-refractivity contribution in [1.29, 1.82) is 0 Å². The van der Waals surface area contributed by atoms with Gasteiger partial charge in [-0.15, -0.1) is 0 Å². The molecule has 2 heterocycles. The molecule has 66 valence electrons. The SMILES string of the molecule is CN1CCc2[nH]c(Cl)cc2N1C. The molecular weight excluding hydrogens is 174 g/mol. The second kappa shape index (κ2) is 2.68. The monoisotopic (exact) mass is 185 g/mol. The van der Waals surface area contributed by atoms with E-state index >= 15 is 0 Å². The number of anilines is 1. The summed E-state index contributed by atoms with van der Waals surface area (Å²) in [4.78, 5) is 3.14. The largest absolute Gasteiger partial charge is 0.348 e. The van der Waals surface area contributed by atoms with Crippen molar-refractivity contribution in [2.24, 2.45) is 0 Å². The lowest BCUT2D eigenvalue weighted by Crippen LogP contribution is -2.41. The van der Waals surface area contributed by atoms with Gasteiger partial charge in [0, 0.05) is 32.8 Å². The number of nitrogens with zero attached hydrogens (tertiary/aromatic N) is 2. The summed E-state index contributed by atoms with van der Waals surface area (Å²) in [5, 5.41) is 5.01. The molecule has 4 heteroatoms. The third-order valence-electron chi connectivity index (χ3n) is 2.39. The molecule has 1 aliphatic heterocycles. The van der Waals surface area contributed by atoms with E-state index in [4.69, 9.17) is 11.6 Å². The van der Waals surface area contributed by atoms with E-state index in [2.05, 4.69) is 22.0 Å². The van der Waals surface area contributed by atoms with E-state index in [0.717, 1.165) is 18.1 Å². The molecular formula is C8H12ClN3. The molecule has 0 saturated heterocycles. The molecule has 0 bridgehead atoms. The Morgan fingerprint density at radius 1 is 1.50 bits per heavy atom. The van der Waals surface area contributed by atoms with Crippen LogP contribution >= 0.6 is 11.6 Å². The van der Waals surface area contributed by atoms with Crippen molar-refractivity contribution in [1.82, 2.24) is 9.99 Å². The molecule has 0 aliphatic carbocycles. The van der Waals surface area contributed by atoms with E-state index in [1.165, 1.54) is 11.4 Å². The van der Waals surface area contributed by atoms with Crippen LogP contribution in [0.3, 0.4) is 0 Å². The quantitative estimate of drug-likeness (QED) is 0.662. The Kier molecular flexibility index (Phi) is 1.77. The molecule has 12 heavy (non-hydrogen) atoms. The fourth-order valence-corrected chi connectivity index (χ4v) is 1.76. The Morgan fingerprint density at radius 3 is 3.00 bits per heavy atom. The summed E-state index contributed by atoms with van der Waals surface area (Å²) in [5.74, 6) is 0. The summed E-state index contributed by atoms with van der Waals surface area (Å²) in [6, 6.07) is 1.96. The first-order valence-electron chi connectivity index (χ1n) is 4.00. The van der Waals surface area contributed by atoms with Crippen molar-refractivity contribution in [3.05, 3.63) is 16.9 Å². The average Bonchev–Trinajstić information content (AvgIpc) is 2.39. The maximum atomic E-state index is 5.86. The molecule has 0 spiro atoms. The fraction of sp³-hybridized carbons (Fsp3) is 0.500. The Hall–Kier alpha value is -0.670. The summed E-state index contributed by atoms with van der Waals surface area (Å²) < 4.78 is 0. The summed E-state index contributed by atoms with van der Waals surface area (Å²) in [6.07, 6.45) is 1.04. The van der Waals surface area contributed by atoms with Crippen LogP contribution in [0.15, 0.2) is 6.07 Å². The zero-order valence-electron chi connectivity index (χ0n) is 7.26. The van der Waals surface area contributed by atoms with Gasteiger partial charge in [0.05, 0.1) is 5.69 Å². The number of nitrogens with one attached hydrogen (secondary N) is 1. The lowest BCUT2D eigenvalue weighted by Gasteiger charge is -2.34. The van der Waals surface area contributed by atoms with Crippen LogP contribution in [-0.2, 0) is 6.42 Å². The number of H-pyrrole nitrogens is 1. The van der Waals surface area contributed by atoms with Gasteiger partial charge in [0.1, 0.15) is 5.15 Å². The number of aromatic amines is 1. The van der Waals surface area contributed by atoms with Crippen molar-refractivity contribution in [3.8, 4) is 0 Å². The van der Waals surface area contributed by atoms with E-state index in [9.17, 15) is 0 Å². The number of aromatic nitrogens is 1. The van der Waals surface area contributed by atoms with Crippen molar-refractivity contribution in [2.45, 2.75) is 6.42 Å². The number of likely N-dealkylation sites (N-methyl/N-ethyl adjacent to an activating group) is 1. The first-order valence-corrected chi connectivity index (χ1v) is 4.38. The highest BCUT2D eigenvalue weighted by Gasteiger charge is 2.19. The standard InChI is InChI=1S/C8H12ClN3/c1-11-4-3-6-7(12(11)2)5-8(9)10-6/h5,10H,3-4H2,1-2H3. The van der Waals surface area contributed by atoms with Gasteiger partial charge in [0.2, 0.25) is 0 Å². The maximum absolute atomic E-state index is 5.86. The van der Waals surface area contributed by atoms with Crippen LogP contribution in [0.25, 0.3) is 0 Å². The normalized spacial score (nSPS) is 18.1. The molecule has 0 fully saturated rings. The lowest BCUT2D eigenvalue weighted by atomic mass is 10.2. The number of hydrazine groups is 1. The molecule has 1 aromatic heterocycles. The van der Waals surface area contributed by atoms with Crippen molar-refractivity contribution < 1.29 is 0 Å². The topological polar surface area (TPSA) is 22.3 Å². The predicted molar refractivity (Wildman–Crippen MR) is 50.5 cm³/mol. The predicted octanol–water partition coefficient (Wildman–Crippen LogP) is 1.51. The van der Waals surface area contributed by atoms with Gasteiger partial charge in [-0.05, 0) is 6.07 Å². The Labute approximate surface area is 76.9 Å². The molecule has 0 saturated carbocycles. The molecule has 0 amide bonds. The minimum atomic E-state index is 0.724. The zero-order chi connectivity index (χ0) is 8.72. The second-order valence-electron chi connectivity index (χ2n) is 3.14. The smallest absolute Gasteiger partial charge is 0.108 e.